The molecule has 21 heavy (non-hydrogen) atoms. The maximum absolute atomic E-state index is 12.6. The lowest BCUT2D eigenvalue weighted by Crippen LogP contribution is -2.10. The van der Waals surface area contributed by atoms with Crippen molar-refractivity contribution in [2.45, 2.75) is 12.8 Å². The van der Waals surface area contributed by atoms with Crippen LogP contribution in [0.2, 0.25) is 0 Å². The molecule has 1 aliphatic heterocycles. The summed E-state index contributed by atoms with van der Waals surface area (Å²) in [5.74, 6) is 1.62. The number of halogens is 1. The SMILES string of the molecule is COc1ccc(C(=O)c2ccc3c(c2)CCCO3)cc1Br. The molecule has 3 nitrogen and oxygen atoms in total. The molecular weight excluding hydrogens is 332 g/mol. The van der Waals surface area contributed by atoms with Crippen molar-refractivity contribution in [3.05, 3.63) is 57.6 Å². The molecule has 0 atom stereocenters. The summed E-state index contributed by atoms with van der Waals surface area (Å²) >= 11 is 3.41. The highest BCUT2D eigenvalue weighted by Crippen LogP contribution is 2.29. The quantitative estimate of drug-likeness (QED) is 0.787. The molecule has 2 aromatic rings. The van der Waals surface area contributed by atoms with Crippen LogP contribution in [0.3, 0.4) is 0 Å². The number of carbonyl (C=O) groups is 1. The Hall–Kier alpha value is -1.81. The number of aryl methyl sites for hydroxylation is 1. The molecule has 0 unspecified atom stereocenters. The zero-order valence-electron chi connectivity index (χ0n) is 11.7. The number of ether oxygens (including phenoxy) is 2. The second kappa shape index (κ2) is 5.90. The maximum Gasteiger partial charge on any atom is 0.193 e. The van der Waals surface area contributed by atoms with E-state index < -0.39 is 0 Å². The highest BCUT2D eigenvalue weighted by atomic mass is 79.9. The van der Waals surface area contributed by atoms with Gasteiger partial charge in [-0.2, -0.15) is 0 Å². The molecule has 0 N–H and O–H groups in total. The first kappa shape index (κ1) is 14.1. The molecule has 0 amide bonds. The first-order chi connectivity index (χ1) is 10.2. The van der Waals surface area contributed by atoms with Crippen molar-refractivity contribution >= 4 is 21.7 Å². The van der Waals surface area contributed by atoms with Gasteiger partial charge in [-0.15, -0.1) is 0 Å². The Morgan fingerprint density at radius 1 is 1.19 bits per heavy atom. The molecule has 0 bridgehead atoms. The third kappa shape index (κ3) is 2.81. The van der Waals surface area contributed by atoms with E-state index in [0.29, 0.717) is 16.9 Å². The predicted octanol–water partition coefficient (Wildman–Crippen LogP) is 4.01. The largest absolute Gasteiger partial charge is 0.496 e. The number of hydrogen-bond acceptors (Lipinski definition) is 3. The van der Waals surface area contributed by atoms with E-state index >= 15 is 0 Å². The minimum Gasteiger partial charge on any atom is -0.496 e. The smallest absolute Gasteiger partial charge is 0.193 e. The predicted molar refractivity (Wildman–Crippen MR) is 84.4 cm³/mol. The number of methoxy groups -OCH3 is 1. The Balaban J connectivity index is 1.93. The van der Waals surface area contributed by atoms with Gasteiger partial charge in [-0.05, 0) is 70.7 Å². The average molecular weight is 347 g/mol. The van der Waals surface area contributed by atoms with E-state index in [9.17, 15) is 4.79 Å². The van der Waals surface area contributed by atoms with Crippen LogP contribution in [-0.4, -0.2) is 19.5 Å². The van der Waals surface area contributed by atoms with Gasteiger partial charge in [-0.25, -0.2) is 0 Å². The third-order valence-corrected chi connectivity index (χ3v) is 4.20. The van der Waals surface area contributed by atoms with Gasteiger partial charge in [0, 0.05) is 11.1 Å². The van der Waals surface area contributed by atoms with Crippen LogP contribution in [0.5, 0.6) is 11.5 Å². The van der Waals surface area contributed by atoms with Crippen molar-refractivity contribution in [2.24, 2.45) is 0 Å². The van der Waals surface area contributed by atoms with E-state index in [4.69, 9.17) is 9.47 Å². The summed E-state index contributed by atoms with van der Waals surface area (Å²) in [5.41, 5.74) is 2.44. The normalized spacial score (nSPS) is 13.2. The molecule has 1 heterocycles. The molecule has 4 heteroatoms. The van der Waals surface area contributed by atoms with Crippen LogP contribution in [-0.2, 0) is 6.42 Å². The molecule has 0 saturated carbocycles. The molecule has 0 spiro atoms. The zero-order valence-corrected chi connectivity index (χ0v) is 13.3. The molecule has 0 saturated heterocycles. The van der Waals surface area contributed by atoms with Crippen LogP contribution in [0.1, 0.15) is 27.9 Å². The van der Waals surface area contributed by atoms with E-state index in [2.05, 4.69) is 15.9 Å². The first-order valence-electron chi connectivity index (χ1n) is 6.83. The lowest BCUT2D eigenvalue weighted by Gasteiger charge is -2.17. The molecule has 0 fully saturated rings. The summed E-state index contributed by atoms with van der Waals surface area (Å²) in [6.07, 6.45) is 1.96. The van der Waals surface area contributed by atoms with Gasteiger partial charge < -0.3 is 9.47 Å². The van der Waals surface area contributed by atoms with E-state index in [-0.39, 0.29) is 5.78 Å². The molecule has 0 aromatic heterocycles. The fourth-order valence-corrected chi connectivity index (χ4v) is 3.02. The van der Waals surface area contributed by atoms with Gasteiger partial charge >= 0.3 is 0 Å². The Labute approximate surface area is 132 Å². The molecule has 2 aromatic carbocycles. The molecule has 3 rings (SSSR count). The van der Waals surface area contributed by atoms with E-state index in [1.165, 1.54) is 0 Å². The third-order valence-electron chi connectivity index (χ3n) is 3.58. The second-order valence-electron chi connectivity index (χ2n) is 4.95. The van der Waals surface area contributed by atoms with Gasteiger partial charge in [-0.1, -0.05) is 0 Å². The van der Waals surface area contributed by atoms with Gasteiger partial charge in [0.25, 0.3) is 0 Å². The zero-order chi connectivity index (χ0) is 14.8. The summed E-state index contributed by atoms with van der Waals surface area (Å²) in [4.78, 5) is 12.6. The van der Waals surface area contributed by atoms with Gasteiger partial charge in [0.15, 0.2) is 5.78 Å². The highest BCUT2D eigenvalue weighted by molar-refractivity contribution is 9.10. The van der Waals surface area contributed by atoms with E-state index in [1.54, 1.807) is 25.3 Å². The standard InChI is InChI=1S/C17H15BrO3/c1-20-16-7-5-13(10-14(16)18)17(19)12-4-6-15-11(9-12)3-2-8-21-15/h4-7,9-10H,2-3,8H2,1H3. The van der Waals surface area contributed by atoms with Gasteiger partial charge in [-0.3, -0.25) is 4.79 Å². The minimum atomic E-state index is 0.00623. The summed E-state index contributed by atoms with van der Waals surface area (Å²) in [5, 5.41) is 0. The second-order valence-corrected chi connectivity index (χ2v) is 5.81. The molecule has 0 radical (unpaired) electrons. The minimum absolute atomic E-state index is 0.00623. The summed E-state index contributed by atoms with van der Waals surface area (Å²) in [6, 6.07) is 11.0. The van der Waals surface area contributed by atoms with Crippen molar-refractivity contribution in [3.8, 4) is 11.5 Å². The molecular formula is C17H15BrO3. The van der Waals surface area contributed by atoms with Crippen LogP contribution in [0.4, 0.5) is 0 Å². The Kier molecular flexibility index (Phi) is 3.97. The first-order valence-corrected chi connectivity index (χ1v) is 7.62. The van der Waals surface area contributed by atoms with Gasteiger partial charge in [0.1, 0.15) is 11.5 Å². The van der Waals surface area contributed by atoms with Crippen molar-refractivity contribution in [3.63, 3.8) is 0 Å². The monoisotopic (exact) mass is 346 g/mol. The van der Waals surface area contributed by atoms with Crippen molar-refractivity contribution < 1.29 is 14.3 Å². The van der Waals surface area contributed by atoms with E-state index in [1.807, 2.05) is 18.2 Å². The van der Waals surface area contributed by atoms with Crippen molar-refractivity contribution in [1.82, 2.24) is 0 Å². The Morgan fingerprint density at radius 2 is 1.95 bits per heavy atom. The molecule has 1 aliphatic rings. The summed E-state index contributed by atoms with van der Waals surface area (Å²) in [7, 11) is 1.60. The fraction of sp³-hybridized carbons (Fsp3) is 0.235. The van der Waals surface area contributed by atoms with Crippen LogP contribution in [0, 0.1) is 0 Å². The fourth-order valence-electron chi connectivity index (χ4n) is 2.48. The number of benzene rings is 2. The van der Waals surface area contributed by atoms with Crippen LogP contribution < -0.4 is 9.47 Å². The molecule has 108 valence electrons. The van der Waals surface area contributed by atoms with Crippen LogP contribution >= 0.6 is 15.9 Å². The van der Waals surface area contributed by atoms with Gasteiger partial charge in [0.2, 0.25) is 0 Å². The number of hydrogen-bond donors (Lipinski definition) is 0. The topological polar surface area (TPSA) is 35.5 Å². The Morgan fingerprint density at radius 3 is 2.71 bits per heavy atom. The molecule has 0 aliphatic carbocycles. The average Bonchev–Trinajstić information content (AvgIpc) is 2.53. The van der Waals surface area contributed by atoms with Crippen molar-refractivity contribution in [2.75, 3.05) is 13.7 Å². The van der Waals surface area contributed by atoms with Crippen LogP contribution in [0.25, 0.3) is 0 Å². The number of carbonyl (C=O) groups excluding carboxylic acids is 1. The number of ketones is 1. The number of fused-ring (bicyclic) bond motifs is 1. The maximum atomic E-state index is 12.6. The Bertz CT molecular complexity index is 694. The summed E-state index contributed by atoms with van der Waals surface area (Å²) in [6.45, 7) is 0.756. The van der Waals surface area contributed by atoms with Crippen molar-refractivity contribution in [1.29, 1.82) is 0 Å². The number of rotatable bonds is 3. The lowest BCUT2D eigenvalue weighted by atomic mass is 9.98. The van der Waals surface area contributed by atoms with Gasteiger partial charge in [0.05, 0.1) is 18.2 Å². The highest BCUT2D eigenvalue weighted by Gasteiger charge is 2.16. The van der Waals surface area contributed by atoms with E-state index in [0.717, 1.165) is 35.2 Å². The lowest BCUT2D eigenvalue weighted by molar-refractivity contribution is 0.103. The van der Waals surface area contributed by atoms with Crippen LogP contribution in [0.15, 0.2) is 40.9 Å². The summed E-state index contributed by atoms with van der Waals surface area (Å²) < 4.78 is 11.5.